The third kappa shape index (κ3) is 4.83. The molecule has 36 heavy (non-hydrogen) atoms. The summed E-state index contributed by atoms with van der Waals surface area (Å²) in [6, 6.07) is 10.6. The SMILES string of the molecule is Cn1c(=O)c2ccc(C(=O)NC3CCCCC3)cc2n2c(SCC(=O)Nc3ccc(F)cc3)nnc12. The van der Waals surface area contributed by atoms with E-state index in [9.17, 15) is 18.8 Å². The van der Waals surface area contributed by atoms with Gasteiger partial charge in [0.15, 0.2) is 5.16 Å². The molecule has 9 nitrogen and oxygen atoms in total. The van der Waals surface area contributed by atoms with Gasteiger partial charge in [0, 0.05) is 24.3 Å². The number of aryl methyl sites for hydroxylation is 1. The van der Waals surface area contributed by atoms with Crippen LogP contribution in [0, 0.1) is 5.82 Å². The third-order valence-corrected chi connectivity index (χ3v) is 7.28. The summed E-state index contributed by atoms with van der Waals surface area (Å²) in [6.45, 7) is 0. The fourth-order valence-corrected chi connectivity index (χ4v) is 5.21. The molecule has 1 aliphatic carbocycles. The molecule has 4 aromatic rings. The van der Waals surface area contributed by atoms with E-state index in [0.717, 1.165) is 37.4 Å². The molecule has 0 atom stereocenters. The molecule has 0 saturated heterocycles. The van der Waals surface area contributed by atoms with Gasteiger partial charge < -0.3 is 10.6 Å². The van der Waals surface area contributed by atoms with Gasteiger partial charge in [-0.1, -0.05) is 31.0 Å². The number of fused-ring (bicyclic) bond motifs is 3. The van der Waals surface area contributed by atoms with Gasteiger partial charge in [0.1, 0.15) is 5.82 Å². The van der Waals surface area contributed by atoms with Crippen molar-refractivity contribution in [2.75, 3.05) is 11.1 Å². The van der Waals surface area contributed by atoms with Gasteiger partial charge in [-0.2, -0.15) is 0 Å². The Bertz CT molecular complexity index is 1510. The average Bonchev–Trinajstić information content (AvgIpc) is 3.32. The summed E-state index contributed by atoms with van der Waals surface area (Å²) in [5, 5.41) is 15.0. The van der Waals surface area contributed by atoms with Crippen molar-refractivity contribution in [1.82, 2.24) is 24.5 Å². The Kier molecular flexibility index (Phi) is 6.73. The number of carbonyl (C=O) groups is 2. The predicted molar refractivity (Wildman–Crippen MR) is 136 cm³/mol. The molecular formula is C25H25FN6O3S. The molecule has 2 aromatic heterocycles. The van der Waals surface area contributed by atoms with Crippen LogP contribution in [0.3, 0.4) is 0 Å². The van der Waals surface area contributed by atoms with Crippen LogP contribution in [0.2, 0.25) is 0 Å². The molecule has 1 saturated carbocycles. The highest BCUT2D eigenvalue weighted by Gasteiger charge is 2.20. The van der Waals surface area contributed by atoms with Crippen molar-refractivity contribution < 1.29 is 14.0 Å². The van der Waals surface area contributed by atoms with E-state index in [4.69, 9.17) is 0 Å². The molecule has 0 aliphatic heterocycles. The van der Waals surface area contributed by atoms with Crippen molar-refractivity contribution in [1.29, 1.82) is 0 Å². The maximum absolute atomic E-state index is 13.1. The molecule has 0 unspecified atom stereocenters. The molecule has 2 aromatic carbocycles. The first-order valence-electron chi connectivity index (χ1n) is 11.8. The highest BCUT2D eigenvalue weighted by atomic mass is 32.2. The van der Waals surface area contributed by atoms with E-state index < -0.39 is 0 Å². The number of carbonyl (C=O) groups excluding carboxylic acids is 2. The molecule has 5 rings (SSSR count). The zero-order chi connectivity index (χ0) is 25.2. The number of aromatic nitrogens is 4. The van der Waals surface area contributed by atoms with Gasteiger partial charge in [0.2, 0.25) is 11.7 Å². The number of nitrogens with zero attached hydrogens (tertiary/aromatic N) is 4. The number of rotatable bonds is 6. The quantitative estimate of drug-likeness (QED) is 0.386. The second-order valence-corrected chi connectivity index (χ2v) is 9.81. The van der Waals surface area contributed by atoms with Crippen LogP contribution in [0.25, 0.3) is 16.7 Å². The Morgan fingerprint density at radius 2 is 1.83 bits per heavy atom. The predicted octanol–water partition coefficient (Wildman–Crippen LogP) is 3.51. The molecule has 0 radical (unpaired) electrons. The first kappa shape index (κ1) is 24.0. The van der Waals surface area contributed by atoms with Crippen molar-refractivity contribution in [2.45, 2.75) is 43.3 Å². The third-order valence-electron chi connectivity index (χ3n) is 6.35. The first-order valence-corrected chi connectivity index (χ1v) is 12.8. The van der Waals surface area contributed by atoms with Gasteiger partial charge in [-0.25, -0.2) is 4.39 Å². The lowest BCUT2D eigenvalue weighted by atomic mass is 9.95. The standard InChI is InChI=1S/C25H25FN6O3S/c1-31-23(35)19-12-7-15(22(34)28-17-5-3-2-4-6-17)13-20(19)32-24(31)29-30-25(32)36-14-21(33)27-18-10-8-16(26)9-11-18/h7-13,17H,2-6,14H2,1H3,(H,27,33)(H,28,34). The number of hydrogen-bond acceptors (Lipinski definition) is 6. The molecule has 11 heteroatoms. The molecule has 1 fully saturated rings. The molecule has 2 N–H and O–H groups in total. The second kappa shape index (κ2) is 10.1. The number of benzene rings is 2. The lowest BCUT2D eigenvalue weighted by Gasteiger charge is -2.22. The number of amides is 2. The van der Waals surface area contributed by atoms with Crippen molar-refractivity contribution >= 4 is 45.9 Å². The van der Waals surface area contributed by atoms with E-state index in [1.54, 1.807) is 29.6 Å². The molecule has 186 valence electrons. The summed E-state index contributed by atoms with van der Waals surface area (Å²) in [5.41, 5.74) is 1.17. The summed E-state index contributed by atoms with van der Waals surface area (Å²) in [4.78, 5) is 38.3. The lowest BCUT2D eigenvalue weighted by Crippen LogP contribution is -2.36. The summed E-state index contributed by atoms with van der Waals surface area (Å²) in [6.07, 6.45) is 5.34. The van der Waals surface area contributed by atoms with E-state index in [-0.39, 0.29) is 35.0 Å². The molecule has 2 amide bonds. The van der Waals surface area contributed by atoms with Crippen molar-refractivity contribution in [3.63, 3.8) is 0 Å². The van der Waals surface area contributed by atoms with Crippen LogP contribution in [-0.2, 0) is 11.8 Å². The number of nitrogens with one attached hydrogen (secondary N) is 2. The number of halogens is 1. The van der Waals surface area contributed by atoms with Crippen LogP contribution < -0.4 is 16.2 Å². The number of anilines is 1. The molecule has 1 aliphatic rings. The number of thioether (sulfide) groups is 1. The van der Waals surface area contributed by atoms with Gasteiger partial charge >= 0.3 is 0 Å². The number of hydrogen-bond donors (Lipinski definition) is 2. The maximum atomic E-state index is 13.1. The van der Waals surface area contributed by atoms with Crippen LogP contribution in [0.4, 0.5) is 10.1 Å². The minimum Gasteiger partial charge on any atom is -0.349 e. The zero-order valence-corrected chi connectivity index (χ0v) is 20.5. The molecule has 0 bridgehead atoms. The van der Waals surface area contributed by atoms with E-state index >= 15 is 0 Å². The van der Waals surface area contributed by atoms with E-state index in [1.165, 1.54) is 35.3 Å². The summed E-state index contributed by atoms with van der Waals surface area (Å²) >= 11 is 1.15. The van der Waals surface area contributed by atoms with Crippen molar-refractivity contribution in [2.24, 2.45) is 7.05 Å². The minimum atomic E-state index is -0.387. The fraction of sp³-hybridized carbons (Fsp3) is 0.320. The van der Waals surface area contributed by atoms with E-state index in [1.807, 2.05) is 0 Å². The van der Waals surface area contributed by atoms with Gasteiger partial charge in [0.25, 0.3) is 11.5 Å². The van der Waals surface area contributed by atoms with Crippen LogP contribution in [0.15, 0.2) is 52.4 Å². The zero-order valence-electron chi connectivity index (χ0n) is 19.7. The maximum Gasteiger partial charge on any atom is 0.262 e. The molecule has 0 spiro atoms. The fourth-order valence-electron chi connectivity index (χ4n) is 4.47. The lowest BCUT2D eigenvalue weighted by molar-refractivity contribution is -0.113. The van der Waals surface area contributed by atoms with Gasteiger partial charge in [-0.15, -0.1) is 10.2 Å². The minimum absolute atomic E-state index is 0.0182. The van der Waals surface area contributed by atoms with Gasteiger partial charge in [-0.3, -0.25) is 23.4 Å². The van der Waals surface area contributed by atoms with Gasteiger partial charge in [0.05, 0.1) is 16.7 Å². The van der Waals surface area contributed by atoms with Crippen molar-refractivity contribution in [3.05, 3.63) is 64.2 Å². The van der Waals surface area contributed by atoms with Crippen LogP contribution >= 0.6 is 11.8 Å². The summed E-state index contributed by atoms with van der Waals surface area (Å²) in [5.74, 6) is -0.548. The van der Waals surface area contributed by atoms with Crippen molar-refractivity contribution in [3.8, 4) is 0 Å². The van der Waals surface area contributed by atoms with Crippen LogP contribution in [-0.4, -0.2) is 42.8 Å². The topological polar surface area (TPSA) is 110 Å². The second-order valence-electron chi connectivity index (χ2n) is 8.87. The Morgan fingerprint density at radius 3 is 2.58 bits per heavy atom. The Balaban J connectivity index is 1.43. The van der Waals surface area contributed by atoms with Crippen LogP contribution in [0.1, 0.15) is 42.5 Å². The van der Waals surface area contributed by atoms with E-state index in [0.29, 0.717) is 33.1 Å². The smallest absolute Gasteiger partial charge is 0.262 e. The monoisotopic (exact) mass is 508 g/mol. The highest BCUT2D eigenvalue weighted by molar-refractivity contribution is 7.99. The van der Waals surface area contributed by atoms with Crippen LogP contribution in [0.5, 0.6) is 0 Å². The molecular weight excluding hydrogens is 483 g/mol. The first-order chi connectivity index (χ1) is 17.4. The Hall–Kier alpha value is -3.73. The summed E-state index contributed by atoms with van der Waals surface area (Å²) in [7, 11) is 1.60. The average molecular weight is 509 g/mol. The van der Waals surface area contributed by atoms with E-state index in [2.05, 4.69) is 20.8 Å². The van der Waals surface area contributed by atoms with Gasteiger partial charge in [-0.05, 0) is 55.3 Å². The molecule has 2 heterocycles. The Morgan fingerprint density at radius 1 is 1.08 bits per heavy atom. The highest BCUT2D eigenvalue weighted by Crippen LogP contribution is 2.23. The Labute approximate surface area is 210 Å². The largest absolute Gasteiger partial charge is 0.349 e. The summed E-state index contributed by atoms with van der Waals surface area (Å²) < 4.78 is 16.2. The normalized spacial score (nSPS) is 14.3.